The molecule has 2 saturated heterocycles. The van der Waals surface area contributed by atoms with Gasteiger partial charge in [-0.15, -0.1) is 0 Å². The van der Waals surface area contributed by atoms with Crippen LogP contribution < -0.4 is 5.32 Å². The van der Waals surface area contributed by atoms with Crippen molar-refractivity contribution in [2.45, 2.75) is 31.8 Å². The van der Waals surface area contributed by atoms with Gasteiger partial charge in [0.2, 0.25) is 0 Å². The molecule has 2 fully saturated rings. The zero-order valence-corrected chi connectivity index (χ0v) is 18.8. The number of aliphatic carboxylic acids is 1. The van der Waals surface area contributed by atoms with Crippen molar-refractivity contribution in [2.24, 2.45) is 5.92 Å². The summed E-state index contributed by atoms with van der Waals surface area (Å²) in [4.78, 5) is 15.8. The van der Waals surface area contributed by atoms with Crippen molar-refractivity contribution in [3.63, 3.8) is 0 Å². The van der Waals surface area contributed by atoms with Crippen LogP contribution in [-0.2, 0) is 4.79 Å². The molecule has 2 heterocycles. The summed E-state index contributed by atoms with van der Waals surface area (Å²) in [6.45, 7) is 6.76. The van der Waals surface area contributed by atoms with Gasteiger partial charge >= 0.3 is 5.97 Å². The van der Waals surface area contributed by atoms with Crippen LogP contribution in [0.15, 0.2) is 54.6 Å². The Labute approximate surface area is 191 Å². The van der Waals surface area contributed by atoms with E-state index in [1.807, 2.05) is 0 Å². The fraction of sp³-hybridized carbons (Fsp3) is 0.444. The molecule has 5 nitrogen and oxygen atoms in total. The molecule has 2 aromatic rings. The number of hydrogen-bond donors (Lipinski definition) is 2. The van der Waals surface area contributed by atoms with Gasteiger partial charge in [-0.2, -0.15) is 0 Å². The van der Waals surface area contributed by atoms with E-state index in [9.17, 15) is 9.90 Å². The molecule has 0 saturated carbocycles. The molecule has 2 aliphatic rings. The highest BCUT2D eigenvalue weighted by Gasteiger charge is 2.31. The average molecular weight is 432 g/mol. The second kappa shape index (κ2) is 10.8. The van der Waals surface area contributed by atoms with Crippen LogP contribution in [0.1, 0.15) is 42.5 Å². The van der Waals surface area contributed by atoms with Gasteiger partial charge in [0.15, 0.2) is 0 Å². The zero-order chi connectivity index (χ0) is 22.3. The Morgan fingerprint density at radius 2 is 1.84 bits per heavy atom. The minimum absolute atomic E-state index is 0.104. The first-order valence-electron chi connectivity index (χ1n) is 11.7. The second-order valence-electron chi connectivity index (χ2n) is 8.94. The van der Waals surface area contributed by atoms with Gasteiger partial charge in [0.1, 0.15) is 0 Å². The van der Waals surface area contributed by atoms with Crippen LogP contribution in [0, 0.1) is 17.8 Å². The van der Waals surface area contributed by atoms with E-state index < -0.39 is 5.97 Å². The molecule has 0 unspecified atom stereocenters. The van der Waals surface area contributed by atoms with Crippen molar-refractivity contribution < 1.29 is 9.90 Å². The molecule has 4 rings (SSSR count). The van der Waals surface area contributed by atoms with Crippen LogP contribution in [0.4, 0.5) is 0 Å². The Bertz CT molecular complexity index is 960. The molecule has 0 bridgehead atoms. The summed E-state index contributed by atoms with van der Waals surface area (Å²) in [6, 6.07) is 19.6. The van der Waals surface area contributed by atoms with Gasteiger partial charge in [0, 0.05) is 37.2 Å². The number of piperazine rings is 1. The first kappa shape index (κ1) is 22.5. The lowest BCUT2D eigenvalue weighted by Crippen LogP contribution is -2.54. The second-order valence-corrected chi connectivity index (χ2v) is 8.94. The number of piperidine rings is 1. The molecule has 168 valence electrons. The largest absolute Gasteiger partial charge is 0.480 e. The fourth-order valence-electron chi connectivity index (χ4n) is 4.85. The van der Waals surface area contributed by atoms with E-state index in [0.717, 1.165) is 51.1 Å². The minimum Gasteiger partial charge on any atom is -0.480 e. The molecule has 2 aromatic carbocycles. The number of hydrogen-bond acceptors (Lipinski definition) is 4. The Hall–Kier alpha value is -2.65. The average Bonchev–Trinajstić information content (AvgIpc) is 2.81. The number of nitrogens with zero attached hydrogens (tertiary/aromatic N) is 2. The van der Waals surface area contributed by atoms with E-state index in [0.29, 0.717) is 5.92 Å². The van der Waals surface area contributed by atoms with Gasteiger partial charge in [-0.3, -0.25) is 14.6 Å². The summed E-state index contributed by atoms with van der Waals surface area (Å²) in [6.07, 6.45) is 2.25. The molecule has 32 heavy (non-hydrogen) atoms. The molecule has 2 atom stereocenters. The molecular weight excluding hydrogens is 398 g/mol. The highest BCUT2D eigenvalue weighted by molar-refractivity contribution is 5.69. The molecule has 0 aromatic heterocycles. The van der Waals surface area contributed by atoms with Gasteiger partial charge in [-0.05, 0) is 56.1 Å². The molecule has 2 aliphatic heterocycles. The van der Waals surface area contributed by atoms with E-state index in [-0.39, 0.29) is 18.6 Å². The molecular formula is C27H33N3O2. The number of benzene rings is 2. The normalized spacial score (nSPS) is 21.5. The lowest BCUT2D eigenvalue weighted by molar-refractivity contribution is -0.139. The lowest BCUT2D eigenvalue weighted by atomic mass is 9.94. The maximum atomic E-state index is 11.2. The number of carbonyl (C=O) groups is 1. The van der Waals surface area contributed by atoms with Gasteiger partial charge in [0.05, 0.1) is 12.6 Å². The maximum Gasteiger partial charge on any atom is 0.317 e. The molecule has 0 aliphatic carbocycles. The Kier molecular flexibility index (Phi) is 7.59. The van der Waals surface area contributed by atoms with Crippen molar-refractivity contribution in [3.05, 3.63) is 71.3 Å². The molecule has 5 heteroatoms. The van der Waals surface area contributed by atoms with Crippen LogP contribution in [-0.4, -0.2) is 66.2 Å². The summed E-state index contributed by atoms with van der Waals surface area (Å²) in [5.41, 5.74) is 3.57. The smallest absolute Gasteiger partial charge is 0.317 e. The number of carboxylic acid groups (broad SMARTS) is 1. The van der Waals surface area contributed by atoms with Crippen molar-refractivity contribution in [2.75, 3.05) is 39.3 Å². The summed E-state index contributed by atoms with van der Waals surface area (Å²) in [5, 5.41) is 12.6. The summed E-state index contributed by atoms with van der Waals surface area (Å²) < 4.78 is 0. The molecule has 0 radical (unpaired) electrons. The Morgan fingerprint density at radius 3 is 2.56 bits per heavy atom. The molecule has 2 N–H and O–H groups in total. The third kappa shape index (κ3) is 5.77. The Balaban J connectivity index is 1.58. The first-order valence-corrected chi connectivity index (χ1v) is 11.7. The third-order valence-corrected chi connectivity index (χ3v) is 6.58. The quantitative estimate of drug-likeness (QED) is 0.712. The summed E-state index contributed by atoms with van der Waals surface area (Å²) in [5.74, 6) is 6.64. The van der Waals surface area contributed by atoms with Crippen LogP contribution in [0.2, 0.25) is 0 Å². The number of rotatable bonds is 5. The van der Waals surface area contributed by atoms with Gasteiger partial charge in [-0.1, -0.05) is 54.3 Å². The van der Waals surface area contributed by atoms with Crippen molar-refractivity contribution >= 4 is 5.97 Å². The first-order chi connectivity index (χ1) is 15.6. The van der Waals surface area contributed by atoms with Gasteiger partial charge in [0.25, 0.3) is 0 Å². The zero-order valence-electron chi connectivity index (χ0n) is 18.8. The van der Waals surface area contributed by atoms with E-state index in [4.69, 9.17) is 0 Å². The standard InChI is InChI=1S/C27H33N3O2/c1-21-19-30(17-16-29(21)20-26(31)32)27(24-7-3-2-4-8-24)25-9-5-6-23(18-25)11-10-22-12-14-28-15-13-22/h2-9,18,21-22,27-28H,12-17,19-20H2,1H3,(H,31,32)/t21-,27-/m1/s1. The van der Waals surface area contributed by atoms with Crippen molar-refractivity contribution in [1.82, 2.24) is 15.1 Å². The number of nitrogens with one attached hydrogen (secondary N) is 1. The highest BCUT2D eigenvalue weighted by atomic mass is 16.4. The topological polar surface area (TPSA) is 55.8 Å². The van der Waals surface area contributed by atoms with Gasteiger partial charge in [-0.25, -0.2) is 0 Å². The molecule has 0 amide bonds. The van der Waals surface area contributed by atoms with Gasteiger partial charge < -0.3 is 10.4 Å². The fourth-order valence-corrected chi connectivity index (χ4v) is 4.85. The predicted molar refractivity (Wildman–Crippen MR) is 127 cm³/mol. The van der Waals surface area contributed by atoms with Crippen LogP contribution in [0.3, 0.4) is 0 Å². The van der Waals surface area contributed by atoms with Crippen LogP contribution >= 0.6 is 0 Å². The van der Waals surface area contributed by atoms with E-state index >= 15 is 0 Å². The van der Waals surface area contributed by atoms with Crippen LogP contribution in [0.25, 0.3) is 0 Å². The minimum atomic E-state index is -0.759. The van der Waals surface area contributed by atoms with E-state index in [1.165, 1.54) is 11.1 Å². The van der Waals surface area contributed by atoms with E-state index in [1.54, 1.807) is 0 Å². The third-order valence-electron chi connectivity index (χ3n) is 6.58. The van der Waals surface area contributed by atoms with E-state index in [2.05, 4.69) is 88.5 Å². The van der Waals surface area contributed by atoms with Crippen molar-refractivity contribution in [3.8, 4) is 11.8 Å². The maximum absolute atomic E-state index is 11.2. The predicted octanol–water partition coefficient (Wildman–Crippen LogP) is 3.22. The SMILES string of the molecule is C[C@@H]1CN([C@H](c2ccccc2)c2cccc(C#CC3CCNCC3)c2)CCN1CC(=O)O. The summed E-state index contributed by atoms with van der Waals surface area (Å²) >= 11 is 0. The Morgan fingerprint density at radius 1 is 1.09 bits per heavy atom. The van der Waals surface area contributed by atoms with Crippen molar-refractivity contribution in [1.29, 1.82) is 0 Å². The van der Waals surface area contributed by atoms with Crippen LogP contribution in [0.5, 0.6) is 0 Å². The summed E-state index contributed by atoms with van der Waals surface area (Å²) in [7, 11) is 0. The lowest BCUT2D eigenvalue weighted by Gasteiger charge is -2.43. The molecule has 0 spiro atoms. The number of carboxylic acids is 1. The highest BCUT2D eigenvalue weighted by Crippen LogP contribution is 2.31. The monoisotopic (exact) mass is 431 g/mol.